The Morgan fingerprint density at radius 2 is 1.72 bits per heavy atom. The summed E-state index contributed by atoms with van der Waals surface area (Å²) < 4.78 is 18.5. The fourth-order valence-corrected chi connectivity index (χ4v) is 2.39. The van der Waals surface area contributed by atoms with Gasteiger partial charge in [-0.25, -0.2) is 4.39 Å². The van der Waals surface area contributed by atoms with Crippen molar-refractivity contribution in [2.24, 2.45) is 0 Å². The summed E-state index contributed by atoms with van der Waals surface area (Å²) in [6.45, 7) is 5.20. The minimum atomic E-state index is -0.918. The van der Waals surface area contributed by atoms with Gasteiger partial charge in [0.05, 0.1) is 11.6 Å². The van der Waals surface area contributed by atoms with Crippen LogP contribution in [0.25, 0.3) is 0 Å². The van der Waals surface area contributed by atoms with E-state index in [2.05, 4.69) is 0 Å². The van der Waals surface area contributed by atoms with E-state index in [-0.39, 0.29) is 24.4 Å². The molecule has 0 aromatic heterocycles. The number of ether oxygens (including phenoxy) is 1. The first-order chi connectivity index (χ1) is 11.7. The molecule has 0 radical (unpaired) electrons. The maximum absolute atomic E-state index is 13.0. The first-order valence-electron chi connectivity index (χ1n) is 8.15. The lowest BCUT2D eigenvalue weighted by Gasteiger charge is -2.25. The molecule has 0 bridgehead atoms. The third-order valence-electron chi connectivity index (χ3n) is 4.25. The van der Waals surface area contributed by atoms with Gasteiger partial charge in [0.15, 0.2) is 6.61 Å². The molecule has 0 aliphatic rings. The minimum absolute atomic E-state index is 0.0934. The average molecular weight is 345 g/mol. The first-order valence-corrected chi connectivity index (χ1v) is 8.15. The Morgan fingerprint density at radius 1 is 1.16 bits per heavy atom. The number of carbonyl (C=O) groups is 1. The van der Waals surface area contributed by atoms with Crippen molar-refractivity contribution >= 4 is 5.91 Å². The number of halogens is 1. The van der Waals surface area contributed by atoms with Crippen LogP contribution in [0.2, 0.25) is 0 Å². The van der Waals surface area contributed by atoms with Crippen LogP contribution in [-0.2, 0) is 10.4 Å². The van der Waals surface area contributed by atoms with E-state index in [1.807, 2.05) is 6.92 Å². The summed E-state index contributed by atoms with van der Waals surface area (Å²) in [7, 11) is 1.69. The van der Waals surface area contributed by atoms with Gasteiger partial charge < -0.3 is 14.7 Å². The number of hydrogen-bond acceptors (Lipinski definition) is 3. The molecule has 0 saturated carbocycles. The molecule has 0 spiro atoms. The maximum Gasteiger partial charge on any atom is 0.260 e. The molecule has 1 N–H and O–H groups in total. The van der Waals surface area contributed by atoms with E-state index < -0.39 is 5.60 Å². The van der Waals surface area contributed by atoms with Gasteiger partial charge in [0, 0.05) is 7.05 Å². The van der Waals surface area contributed by atoms with Gasteiger partial charge in [-0.3, -0.25) is 4.79 Å². The van der Waals surface area contributed by atoms with Crippen LogP contribution in [0.3, 0.4) is 0 Å². The van der Waals surface area contributed by atoms with Crippen LogP contribution in [0.4, 0.5) is 4.39 Å². The average Bonchev–Trinajstić information content (AvgIpc) is 2.58. The molecule has 0 aliphatic carbocycles. The van der Waals surface area contributed by atoms with Crippen molar-refractivity contribution in [1.82, 2.24) is 4.90 Å². The number of aliphatic hydroxyl groups is 1. The molecule has 134 valence electrons. The molecule has 0 aliphatic heterocycles. The number of likely N-dealkylation sites (N-methyl/N-ethyl adjacent to an activating group) is 1. The predicted molar refractivity (Wildman–Crippen MR) is 94.8 cm³/mol. The van der Waals surface area contributed by atoms with Gasteiger partial charge in [-0.1, -0.05) is 24.3 Å². The third kappa shape index (κ3) is 5.03. The Morgan fingerprint density at radius 3 is 2.24 bits per heavy atom. The molecule has 2 aromatic carbocycles. The van der Waals surface area contributed by atoms with Crippen LogP contribution in [0.1, 0.15) is 37.9 Å². The monoisotopic (exact) mass is 345 g/mol. The van der Waals surface area contributed by atoms with Crippen molar-refractivity contribution < 1.29 is 19.0 Å². The number of rotatable bonds is 6. The number of hydrogen-bond donors (Lipinski definition) is 1. The minimum Gasteiger partial charge on any atom is -0.484 e. The molecule has 2 rings (SSSR count). The lowest BCUT2D eigenvalue weighted by atomic mass is 9.99. The van der Waals surface area contributed by atoms with Gasteiger partial charge in [0.25, 0.3) is 5.91 Å². The Kier molecular flexibility index (Phi) is 5.80. The van der Waals surface area contributed by atoms with Crippen molar-refractivity contribution in [3.05, 3.63) is 65.5 Å². The molecule has 0 fully saturated rings. The second-order valence-corrected chi connectivity index (χ2v) is 6.60. The fourth-order valence-electron chi connectivity index (χ4n) is 2.39. The lowest BCUT2D eigenvalue weighted by molar-refractivity contribution is -0.134. The van der Waals surface area contributed by atoms with Gasteiger partial charge in [0.2, 0.25) is 0 Å². The second kappa shape index (κ2) is 7.66. The molecule has 0 saturated heterocycles. The number of benzene rings is 2. The zero-order valence-electron chi connectivity index (χ0n) is 15.0. The molecule has 4 nitrogen and oxygen atoms in total. The van der Waals surface area contributed by atoms with E-state index in [9.17, 15) is 14.3 Å². The lowest BCUT2D eigenvalue weighted by Crippen LogP contribution is -2.33. The molecular weight excluding hydrogens is 321 g/mol. The number of amides is 1. The molecule has 2 aromatic rings. The quantitative estimate of drug-likeness (QED) is 0.869. The Labute approximate surface area is 147 Å². The first kappa shape index (κ1) is 18.9. The Bertz CT molecular complexity index is 705. The van der Waals surface area contributed by atoms with Crippen LogP contribution >= 0.6 is 0 Å². The largest absolute Gasteiger partial charge is 0.484 e. The van der Waals surface area contributed by atoms with E-state index in [4.69, 9.17) is 4.74 Å². The smallest absolute Gasteiger partial charge is 0.260 e. The van der Waals surface area contributed by atoms with Gasteiger partial charge in [-0.05, 0) is 56.2 Å². The van der Waals surface area contributed by atoms with Crippen LogP contribution in [-0.4, -0.2) is 29.6 Å². The zero-order valence-corrected chi connectivity index (χ0v) is 15.0. The summed E-state index contributed by atoms with van der Waals surface area (Å²) in [5.41, 5.74) is 0.708. The van der Waals surface area contributed by atoms with Gasteiger partial charge >= 0.3 is 0 Å². The van der Waals surface area contributed by atoms with Gasteiger partial charge in [-0.15, -0.1) is 0 Å². The number of carbonyl (C=O) groups excluding carboxylic acids is 1. The second-order valence-electron chi connectivity index (χ2n) is 6.60. The van der Waals surface area contributed by atoms with Gasteiger partial charge in [-0.2, -0.15) is 0 Å². The molecule has 1 atom stereocenters. The van der Waals surface area contributed by atoms with Crippen LogP contribution in [0.5, 0.6) is 5.75 Å². The van der Waals surface area contributed by atoms with E-state index in [0.29, 0.717) is 5.75 Å². The highest BCUT2D eigenvalue weighted by atomic mass is 19.1. The normalized spacial score (nSPS) is 12.6. The van der Waals surface area contributed by atoms with Crippen molar-refractivity contribution in [1.29, 1.82) is 0 Å². The molecule has 5 heteroatoms. The van der Waals surface area contributed by atoms with Crippen molar-refractivity contribution in [3.63, 3.8) is 0 Å². The van der Waals surface area contributed by atoms with Gasteiger partial charge in [0.1, 0.15) is 11.6 Å². The van der Waals surface area contributed by atoms with E-state index in [1.165, 1.54) is 12.1 Å². The van der Waals surface area contributed by atoms with Crippen LogP contribution < -0.4 is 4.74 Å². The summed E-state index contributed by atoms with van der Waals surface area (Å²) in [6.07, 6.45) is 0. The molecular formula is C20H24FNO3. The standard InChI is InChI=1S/C20H24FNO3/c1-14(15-5-9-17(21)10-6-15)22(4)19(23)13-25-18-11-7-16(8-12-18)20(2,3)24/h5-12,14,24H,13H2,1-4H3. The summed E-state index contributed by atoms with van der Waals surface area (Å²) in [5, 5.41) is 9.93. The van der Waals surface area contributed by atoms with E-state index in [0.717, 1.165) is 11.1 Å². The highest BCUT2D eigenvalue weighted by Gasteiger charge is 2.19. The summed E-state index contributed by atoms with van der Waals surface area (Å²) >= 11 is 0. The molecule has 0 heterocycles. The topological polar surface area (TPSA) is 49.8 Å². The van der Waals surface area contributed by atoms with Crippen molar-refractivity contribution in [3.8, 4) is 5.75 Å². The molecule has 1 amide bonds. The fraction of sp³-hybridized carbons (Fsp3) is 0.350. The Balaban J connectivity index is 1.94. The summed E-state index contributed by atoms with van der Waals surface area (Å²) in [6, 6.07) is 12.9. The zero-order chi connectivity index (χ0) is 18.6. The number of nitrogens with zero attached hydrogens (tertiary/aromatic N) is 1. The maximum atomic E-state index is 13.0. The predicted octanol–water partition coefficient (Wildman–Crippen LogP) is 3.65. The highest BCUT2D eigenvalue weighted by Crippen LogP contribution is 2.23. The SMILES string of the molecule is CC(c1ccc(F)cc1)N(C)C(=O)COc1ccc(C(C)(C)O)cc1. The van der Waals surface area contributed by atoms with Crippen LogP contribution in [0.15, 0.2) is 48.5 Å². The third-order valence-corrected chi connectivity index (χ3v) is 4.25. The Hall–Kier alpha value is -2.40. The van der Waals surface area contributed by atoms with Crippen LogP contribution in [0, 0.1) is 5.82 Å². The summed E-state index contributed by atoms with van der Waals surface area (Å²) in [4.78, 5) is 13.9. The summed E-state index contributed by atoms with van der Waals surface area (Å²) in [5.74, 6) is 0.0790. The molecule has 25 heavy (non-hydrogen) atoms. The van der Waals surface area contributed by atoms with Crippen molar-refractivity contribution in [2.75, 3.05) is 13.7 Å². The van der Waals surface area contributed by atoms with Crippen molar-refractivity contribution in [2.45, 2.75) is 32.4 Å². The van der Waals surface area contributed by atoms with E-state index in [1.54, 1.807) is 62.2 Å². The van der Waals surface area contributed by atoms with E-state index >= 15 is 0 Å². The highest BCUT2D eigenvalue weighted by molar-refractivity contribution is 5.78. The molecule has 1 unspecified atom stereocenters.